The molecule has 176 valence electrons. The van der Waals surface area contributed by atoms with Crippen molar-refractivity contribution in [3.05, 3.63) is 23.8 Å². The Morgan fingerprint density at radius 1 is 1.19 bits per heavy atom. The van der Waals surface area contributed by atoms with Crippen molar-refractivity contribution < 1.29 is 23.9 Å². The van der Waals surface area contributed by atoms with E-state index in [9.17, 15) is 14.4 Å². The maximum atomic E-state index is 13.2. The van der Waals surface area contributed by atoms with Crippen molar-refractivity contribution in [1.82, 2.24) is 9.80 Å². The van der Waals surface area contributed by atoms with Gasteiger partial charge in [-0.25, -0.2) is 0 Å². The van der Waals surface area contributed by atoms with E-state index >= 15 is 0 Å². The van der Waals surface area contributed by atoms with E-state index in [1.54, 1.807) is 37.3 Å². The molecule has 1 aliphatic heterocycles. The number of nitrogens with one attached hydrogen (secondary N) is 1. The van der Waals surface area contributed by atoms with Crippen molar-refractivity contribution in [1.29, 1.82) is 0 Å². The molecule has 0 spiro atoms. The number of ether oxygens (including phenoxy) is 2. The average molecular weight is 446 g/mol. The molecule has 2 aliphatic rings. The van der Waals surface area contributed by atoms with Crippen LogP contribution in [-0.4, -0.2) is 73.5 Å². The Hall–Kier alpha value is -2.61. The summed E-state index contributed by atoms with van der Waals surface area (Å²) in [5.41, 5.74) is 0.964. The number of fused-ring (bicyclic) bond motifs is 1. The third-order valence-corrected chi connectivity index (χ3v) is 6.50. The summed E-state index contributed by atoms with van der Waals surface area (Å²) in [6.45, 7) is 6.64. The predicted octanol–water partition coefficient (Wildman–Crippen LogP) is 2.78. The third-order valence-electron chi connectivity index (χ3n) is 6.50. The van der Waals surface area contributed by atoms with Crippen LogP contribution in [-0.2, 0) is 14.3 Å². The van der Waals surface area contributed by atoms with Crippen molar-refractivity contribution in [3.63, 3.8) is 0 Å². The lowest BCUT2D eigenvalue weighted by molar-refractivity contribution is -0.142. The Morgan fingerprint density at radius 3 is 2.50 bits per heavy atom. The summed E-state index contributed by atoms with van der Waals surface area (Å²) in [6, 6.07) is 4.84. The highest BCUT2D eigenvalue weighted by atomic mass is 16.5. The Kier molecular flexibility index (Phi) is 7.77. The molecule has 8 heteroatoms. The highest BCUT2D eigenvalue weighted by Crippen LogP contribution is 2.31. The van der Waals surface area contributed by atoms with Gasteiger partial charge in [0, 0.05) is 57.8 Å². The minimum absolute atomic E-state index is 0.0442. The SMILES string of the molecule is CO[C@H]1CN(C)C(=O)c2ccc(NC(C)=O)cc2OC[C@H](C)N(C(=O)C2CCC2)C[C@H]1C. The van der Waals surface area contributed by atoms with Crippen LogP contribution in [0.3, 0.4) is 0 Å². The fourth-order valence-electron chi connectivity index (χ4n) is 4.25. The van der Waals surface area contributed by atoms with Crippen molar-refractivity contribution in [2.75, 3.05) is 39.2 Å². The molecule has 3 amide bonds. The van der Waals surface area contributed by atoms with Gasteiger partial charge in [0.25, 0.3) is 5.91 Å². The van der Waals surface area contributed by atoms with Crippen LogP contribution in [0.15, 0.2) is 18.2 Å². The van der Waals surface area contributed by atoms with Crippen LogP contribution in [0.5, 0.6) is 5.75 Å². The van der Waals surface area contributed by atoms with Crippen molar-refractivity contribution >= 4 is 23.4 Å². The zero-order valence-electron chi connectivity index (χ0n) is 19.7. The van der Waals surface area contributed by atoms with Gasteiger partial charge in [-0.1, -0.05) is 13.3 Å². The molecule has 0 radical (unpaired) electrons. The van der Waals surface area contributed by atoms with Crippen LogP contribution in [0.2, 0.25) is 0 Å². The third kappa shape index (κ3) is 5.41. The fraction of sp³-hybridized carbons (Fsp3) is 0.625. The molecule has 3 rings (SSSR count). The summed E-state index contributed by atoms with van der Waals surface area (Å²) in [6.07, 6.45) is 2.75. The normalized spacial score (nSPS) is 25.0. The quantitative estimate of drug-likeness (QED) is 0.773. The number of rotatable bonds is 3. The minimum Gasteiger partial charge on any atom is -0.491 e. The van der Waals surface area contributed by atoms with Gasteiger partial charge in [-0.05, 0) is 31.9 Å². The van der Waals surface area contributed by atoms with Crippen LogP contribution in [0.4, 0.5) is 5.69 Å². The number of carbonyl (C=O) groups excluding carboxylic acids is 3. The second kappa shape index (κ2) is 10.3. The molecule has 0 unspecified atom stereocenters. The second-order valence-corrected chi connectivity index (χ2v) is 9.11. The first kappa shape index (κ1) is 24.0. The molecule has 1 aromatic rings. The molecule has 1 heterocycles. The predicted molar refractivity (Wildman–Crippen MR) is 122 cm³/mol. The van der Waals surface area contributed by atoms with Gasteiger partial charge in [-0.2, -0.15) is 0 Å². The Balaban J connectivity index is 1.95. The van der Waals surface area contributed by atoms with E-state index in [4.69, 9.17) is 9.47 Å². The molecular weight excluding hydrogens is 410 g/mol. The van der Waals surface area contributed by atoms with Crippen molar-refractivity contribution in [3.8, 4) is 5.75 Å². The van der Waals surface area contributed by atoms with Gasteiger partial charge in [0.1, 0.15) is 12.4 Å². The molecule has 1 aromatic carbocycles. The lowest BCUT2D eigenvalue weighted by Gasteiger charge is -2.39. The van der Waals surface area contributed by atoms with Crippen molar-refractivity contribution in [2.45, 2.75) is 52.2 Å². The molecule has 0 bridgehead atoms. The summed E-state index contributed by atoms with van der Waals surface area (Å²) >= 11 is 0. The zero-order valence-corrected chi connectivity index (χ0v) is 19.7. The number of hydrogen-bond acceptors (Lipinski definition) is 5. The molecule has 0 aromatic heterocycles. The lowest BCUT2D eigenvalue weighted by atomic mass is 9.83. The Morgan fingerprint density at radius 2 is 1.91 bits per heavy atom. The van der Waals surface area contributed by atoms with Gasteiger partial charge in [-0.3, -0.25) is 14.4 Å². The zero-order chi connectivity index (χ0) is 23.4. The van der Waals surface area contributed by atoms with E-state index in [1.165, 1.54) is 6.92 Å². The van der Waals surface area contributed by atoms with Crippen LogP contribution < -0.4 is 10.1 Å². The van der Waals surface area contributed by atoms with Crippen LogP contribution in [0.1, 0.15) is 50.4 Å². The molecule has 1 N–H and O–H groups in total. The molecule has 32 heavy (non-hydrogen) atoms. The highest BCUT2D eigenvalue weighted by molar-refractivity contribution is 5.98. The minimum atomic E-state index is -0.213. The standard InChI is InChI=1S/C24H35N3O5/c1-15-12-27(23(29)18-7-6-8-18)16(2)14-32-21-11-19(25-17(3)28)9-10-20(21)24(30)26(4)13-22(15)31-5/h9-11,15-16,18,22H,6-8,12-14H2,1-5H3,(H,25,28)/t15-,16+,22+/m1/s1. The molecule has 3 atom stereocenters. The van der Waals surface area contributed by atoms with E-state index in [-0.39, 0.29) is 48.3 Å². The summed E-state index contributed by atoms with van der Waals surface area (Å²) in [7, 11) is 3.38. The fourth-order valence-corrected chi connectivity index (χ4v) is 4.25. The van der Waals surface area contributed by atoms with Gasteiger partial charge in [-0.15, -0.1) is 0 Å². The van der Waals surface area contributed by atoms with Crippen LogP contribution in [0.25, 0.3) is 0 Å². The highest BCUT2D eigenvalue weighted by Gasteiger charge is 2.35. The number of methoxy groups -OCH3 is 1. The average Bonchev–Trinajstić information content (AvgIpc) is 2.70. The summed E-state index contributed by atoms with van der Waals surface area (Å²) < 4.78 is 11.8. The maximum absolute atomic E-state index is 13.2. The maximum Gasteiger partial charge on any atom is 0.257 e. The van der Waals surface area contributed by atoms with Crippen LogP contribution in [0, 0.1) is 11.8 Å². The number of anilines is 1. The molecule has 1 fully saturated rings. The number of likely N-dealkylation sites (N-methyl/N-ethyl adjacent to an activating group) is 1. The monoisotopic (exact) mass is 445 g/mol. The van der Waals surface area contributed by atoms with E-state index in [2.05, 4.69) is 12.2 Å². The van der Waals surface area contributed by atoms with Gasteiger partial charge >= 0.3 is 0 Å². The summed E-state index contributed by atoms with van der Waals surface area (Å²) in [4.78, 5) is 41.4. The number of hydrogen-bond donors (Lipinski definition) is 1. The molecule has 1 saturated carbocycles. The number of amides is 3. The number of carbonyl (C=O) groups is 3. The first-order valence-corrected chi connectivity index (χ1v) is 11.3. The number of nitrogens with zero attached hydrogens (tertiary/aromatic N) is 2. The first-order chi connectivity index (χ1) is 15.2. The topological polar surface area (TPSA) is 88.2 Å². The molecule has 0 saturated heterocycles. The molecular formula is C24H35N3O5. The van der Waals surface area contributed by atoms with Crippen LogP contribution >= 0.6 is 0 Å². The van der Waals surface area contributed by atoms with E-state index in [1.807, 2.05) is 11.8 Å². The molecule has 1 aliphatic carbocycles. The number of benzene rings is 1. The van der Waals surface area contributed by atoms with Gasteiger partial charge in [0.2, 0.25) is 11.8 Å². The first-order valence-electron chi connectivity index (χ1n) is 11.3. The van der Waals surface area contributed by atoms with Gasteiger partial charge < -0.3 is 24.6 Å². The van der Waals surface area contributed by atoms with E-state index < -0.39 is 0 Å². The second-order valence-electron chi connectivity index (χ2n) is 9.11. The summed E-state index contributed by atoms with van der Waals surface area (Å²) in [5, 5.41) is 2.73. The van der Waals surface area contributed by atoms with E-state index in [0.717, 1.165) is 19.3 Å². The van der Waals surface area contributed by atoms with Gasteiger partial charge in [0.15, 0.2) is 0 Å². The van der Waals surface area contributed by atoms with E-state index in [0.29, 0.717) is 30.1 Å². The summed E-state index contributed by atoms with van der Waals surface area (Å²) in [5.74, 6) is 0.300. The van der Waals surface area contributed by atoms with Crippen molar-refractivity contribution in [2.24, 2.45) is 11.8 Å². The Labute approximate surface area is 190 Å². The smallest absolute Gasteiger partial charge is 0.257 e. The lowest BCUT2D eigenvalue weighted by Crippen LogP contribution is -2.51. The largest absolute Gasteiger partial charge is 0.491 e. The Bertz CT molecular complexity index is 854. The molecule has 8 nitrogen and oxygen atoms in total. The van der Waals surface area contributed by atoms with Gasteiger partial charge in [0.05, 0.1) is 17.7 Å².